The molecule has 2 N–H and O–H groups in total. The number of esters is 1. The first kappa shape index (κ1) is 59.2. The number of carbonyl (C=O) groups is 5. The zero-order valence-corrected chi connectivity index (χ0v) is 45.8. The molecule has 1 amide bonds. The van der Waals surface area contributed by atoms with Gasteiger partial charge in [0.2, 0.25) is 5.79 Å². The van der Waals surface area contributed by atoms with Gasteiger partial charge in [0.25, 0.3) is 11.7 Å². The number of aliphatic hydroxyl groups excluding tert-OH is 1. The number of allylic oxidation sites excluding steroid dienone is 6. The van der Waals surface area contributed by atoms with Gasteiger partial charge < -0.3 is 38.8 Å². The molecule has 2 aromatic rings. The van der Waals surface area contributed by atoms with Crippen LogP contribution in [0.1, 0.15) is 132 Å². The lowest BCUT2D eigenvalue weighted by Gasteiger charge is -2.42. The van der Waals surface area contributed by atoms with Crippen molar-refractivity contribution in [2.24, 2.45) is 35.5 Å². The Morgan fingerprint density at radius 2 is 1.65 bits per heavy atom. The number of rotatable bonds is 8. The van der Waals surface area contributed by atoms with E-state index in [-0.39, 0.29) is 60.9 Å². The third-order valence-corrected chi connectivity index (χ3v) is 16.3. The summed E-state index contributed by atoms with van der Waals surface area (Å²) in [6.07, 6.45) is 15.8. The summed E-state index contributed by atoms with van der Waals surface area (Å²) in [5.41, 5.74) is 2.57. The number of carbonyl (C=O) groups excluding carboxylic acids is 5. The van der Waals surface area contributed by atoms with E-state index in [2.05, 4.69) is 15.3 Å². The van der Waals surface area contributed by atoms with Crippen molar-refractivity contribution in [3.05, 3.63) is 78.2 Å². The number of aliphatic hydroxyl groups is 2. The van der Waals surface area contributed by atoms with Gasteiger partial charge in [-0.05, 0) is 119 Å². The van der Waals surface area contributed by atoms with Gasteiger partial charge in [0.1, 0.15) is 23.9 Å². The minimum atomic E-state index is -2.44. The van der Waals surface area contributed by atoms with Gasteiger partial charge in [-0.1, -0.05) is 82.4 Å². The SMILES string of the molecule is CO[C@H]1C[C@@H]2CC[C@@H](C)[C@@](O)(O2)C(=O)C(=O)N2CCCC[C@H]2C(=O)O[C@H]([C@H](C)C[C@@H]2CC[C@H](n3cc(-c4ccccn4)nn3)[C@H](OC)C2)CC(=O)/C(C)=C/C(C)[C@@H](O)[C@@H](OC)C(=O)[C@H](C)C[C@H](C)C=CC=CC=C1C. The first-order valence-electron chi connectivity index (χ1n) is 27.1. The molecule has 4 aliphatic rings. The number of pyridine rings is 1. The molecular formula is C58H83N5O12. The Morgan fingerprint density at radius 1 is 0.880 bits per heavy atom. The van der Waals surface area contributed by atoms with Crippen LogP contribution in [-0.4, -0.2) is 141 Å². The molecule has 6 rings (SSSR count). The quantitative estimate of drug-likeness (QED) is 0.191. The largest absolute Gasteiger partial charge is 0.460 e. The number of hydrogen-bond acceptors (Lipinski definition) is 15. The van der Waals surface area contributed by atoms with E-state index >= 15 is 0 Å². The number of piperidine rings is 1. The first-order chi connectivity index (χ1) is 35.8. The fourth-order valence-electron chi connectivity index (χ4n) is 11.5. The molecule has 17 heteroatoms. The van der Waals surface area contributed by atoms with E-state index in [9.17, 15) is 34.2 Å². The molecule has 3 aliphatic heterocycles. The summed E-state index contributed by atoms with van der Waals surface area (Å²) >= 11 is 0. The average molecular weight is 1040 g/mol. The molecule has 3 fully saturated rings. The molecule has 5 heterocycles. The monoisotopic (exact) mass is 1040 g/mol. The number of cyclic esters (lactones) is 1. The maximum Gasteiger partial charge on any atom is 0.329 e. The Kier molecular flexibility index (Phi) is 21.6. The van der Waals surface area contributed by atoms with E-state index < -0.39 is 77.8 Å². The second-order valence-electron chi connectivity index (χ2n) is 21.9. The molecule has 1 unspecified atom stereocenters. The molecule has 17 nitrogen and oxygen atoms in total. The maximum atomic E-state index is 14.6. The Bertz CT molecular complexity index is 2380. The van der Waals surface area contributed by atoms with Crippen molar-refractivity contribution in [3.8, 4) is 11.4 Å². The highest BCUT2D eigenvalue weighted by Crippen LogP contribution is 2.40. The molecular weight excluding hydrogens is 959 g/mol. The van der Waals surface area contributed by atoms with Crippen LogP contribution in [0.2, 0.25) is 0 Å². The van der Waals surface area contributed by atoms with E-state index in [1.165, 1.54) is 12.0 Å². The summed E-state index contributed by atoms with van der Waals surface area (Å²) in [5, 5.41) is 32.5. The smallest absolute Gasteiger partial charge is 0.329 e. The van der Waals surface area contributed by atoms with Gasteiger partial charge in [0.05, 0.1) is 42.3 Å². The maximum absolute atomic E-state index is 14.6. The molecule has 0 spiro atoms. The first-order valence-corrected chi connectivity index (χ1v) is 27.1. The number of ether oxygens (including phenoxy) is 5. The summed E-state index contributed by atoms with van der Waals surface area (Å²) in [6.45, 7) is 12.8. The van der Waals surface area contributed by atoms with Crippen LogP contribution in [0, 0.1) is 35.5 Å². The third kappa shape index (κ3) is 14.9. The Balaban J connectivity index is 1.28. The Hall–Kier alpha value is -5.04. The normalized spacial score (nSPS) is 35.0. The predicted octanol–water partition coefficient (Wildman–Crippen LogP) is 7.71. The number of amides is 1. The van der Waals surface area contributed by atoms with Crippen LogP contribution in [0.15, 0.2) is 78.2 Å². The van der Waals surface area contributed by atoms with Crippen molar-refractivity contribution in [1.29, 1.82) is 0 Å². The van der Waals surface area contributed by atoms with Crippen molar-refractivity contribution in [2.45, 2.75) is 180 Å². The molecule has 15 atom stereocenters. The minimum Gasteiger partial charge on any atom is -0.460 e. The Morgan fingerprint density at radius 3 is 2.36 bits per heavy atom. The van der Waals surface area contributed by atoms with E-state index in [0.717, 1.165) is 18.4 Å². The number of ketones is 3. The van der Waals surface area contributed by atoms with E-state index in [0.29, 0.717) is 68.3 Å². The number of nitrogens with zero attached hydrogens (tertiary/aromatic N) is 5. The van der Waals surface area contributed by atoms with Crippen LogP contribution in [0.25, 0.3) is 11.4 Å². The van der Waals surface area contributed by atoms with Crippen LogP contribution in [-0.2, 0) is 47.7 Å². The highest BCUT2D eigenvalue weighted by Gasteiger charge is 2.53. The fraction of sp³-hybridized carbons (Fsp3) is 0.655. The molecule has 75 heavy (non-hydrogen) atoms. The zero-order chi connectivity index (χ0) is 54.6. The number of hydrogen-bond donors (Lipinski definition) is 2. The molecule has 412 valence electrons. The second-order valence-corrected chi connectivity index (χ2v) is 21.9. The van der Waals surface area contributed by atoms with Crippen LogP contribution < -0.4 is 0 Å². The van der Waals surface area contributed by atoms with Gasteiger partial charge in [0, 0.05) is 64.7 Å². The fourth-order valence-corrected chi connectivity index (χ4v) is 11.5. The molecule has 1 saturated carbocycles. The summed E-state index contributed by atoms with van der Waals surface area (Å²) in [4.78, 5) is 77.2. The summed E-state index contributed by atoms with van der Waals surface area (Å²) in [7, 11) is 4.65. The molecule has 2 bridgehead atoms. The highest BCUT2D eigenvalue weighted by molar-refractivity contribution is 6.39. The molecule has 2 saturated heterocycles. The highest BCUT2D eigenvalue weighted by atomic mass is 16.6. The molecule has 1 aliphatic carbocycles. The lowest BCUT2D eigenvalue weighted by atomic mass is 9.77. The average Bonchev–Trinajstić information content (AvgIpc) is 3.90. The number of Topliss-reactive ketones (excluding diaryl/α,β-unsaturated/α-hetero) is 3. The van der Waals surface area contributed by atoms with Crippen LogP contribution in [0.4, 0.5) is 0 Å². The van der Waals surface area contributed by atoms with E-state index in [1.807, 2.05) is 87.2 Å². The van der Waals surface area contributed by atoms with Crippen LogP contribution in [0.5, 0.6) is 0 Å². The summed E-state index contributed by atoms with van der Waals surface area (Å²) < 4.78 is 32.0. The summed E-state index contributed by atoms with van der Waals surface area (Å²) in [6, 6.07) is 4.38. The van der Waals surface area contributed by atoms with E-state index in [1.54, 1.807) is 47.3 Å². The van der Waals surface area contributed by atoms with Gasteiger partial charge >= 0.3 is 5.97 Å². The van der Waals surface area contributed by atoms with Crippen molar-refractivity contribution in [1.82, 2.24) is 24.9 Å². The molecule has 0 aromatic carbocycles. The van der Waals surface area contributed by atoms with Gasteiger partial charge in [-0.25, -0.2) is 9.48 Å². The van der Waals surface area contributed by atoms with Crippen molar-refractivity contribution in [2.75, 3.05) is 27.9 Å². The number of methoxy groups -OCH3 is 3. The predicted molar refractivity (Wildman–Crippen MR) is 281 cm³/mol. The molecule has 0 radical (unpaired) electrons. The third-order valence-electron chi connectivity index (χ3n) is 16.3. The van der Waals surface area contributed by atoms with Gasteiger partial charge in [0.15, 0.2) is 11.6 Å². The number of fused-ring (bicyclic) bond motifs is 3. The molecule has 2 aromatic heterocycles. The second kappa shape index (κ2) is 27.3. The van der Waals surface area contributed by atoms with Crippen molar-refractivity contribution < 1.29 is 57.9 Å². The van der Waals surface area contributed by atoms with Gasteiger partial charge in [-0.15, -0.1) is 5.10 Å². The topological polar surface area (TPSA) is 219 Å². The number of aromatic nitrogens is 4. The van der Waals surface area contributed by atoms with E-state index in [4.69, 9.17) is 23.7 Å². The van der Waals surface area contributed by atoms with Crippen LogP contribution >= 0.6 is 0 Å². The standard InChI is InChI=1S/C58H83N5O12/c1-35-18-12-11-13-19-36(2)49(71-8)32-43-24-22-41(7)58(70,75-43)55(67)56(68)62-27-17-15-21-47(62)57(69)74-50(33-48(64)37(3)29-40(6)53(66)54(73-10)52(65)39(5)28-35)38(4)30-42-23-25-46(51(31-42)72-9)63-34-45(60-61-63)44-20-14-16-26-59-44/h11-14,16,18-20,26,29,34-35,38-43,46-47,49-51,53-54,66,70H,15,17,21-25,27-28,30-33H2,1-10H3/b13-11?,18-12?,36-19?,37-29+/t35-,38-,39-,40?,41-,42+,43+,46+,47+,49+,50+,51-,53-,54+,58-/m1/s1. The summed E-state index contributed by atoms with van der Waals surface area (Å²) in [5.74, 6) is -7.99. The van der Waals surface area contributed by atoms with Crippen molar-refractivity contribution >= 4 is 29.2 Å². The van der Waals surface area contributed by atoms with Gasteiger partial charge in [-0.3, -0.25) is 24.2 Å². The minimum absolute atomic E-state index is 0.0142. The zero-order valence-electron chi connectivity index (χ0n) is 45.8. The Labute approximate surface area is 443 Å². The lowest BCUT2D eigenvalue weighted by Crippen LogP contribution is -2.61. The van der Waals surface area contributed by atoms with Crippen molar-refractivity contribution in [3.63, 3.8) is 0 Å². The van der Waals surface area contributed by atoms with Gasteiger partial charge in [-0.2, -0.15) is 0 Å². The van der Waals surface area contributed by atoms with Crippen LogP contribution in [0.3, 0.4) is 0 Å². The lowest BCUT2D eigenvalue weighted by molar-refractivity contribution is -0.265.